The quantitative estimate of drug-likeness (QED) is 0.361. The molecule has 0 aliphatic carbocycles. The second-order valence-corrected chi connectivity index (χ2v) is 6.20. The van der Waals surface area contributed by atoms with Crippen LogP contribution in [0.2, 0.25) is 0 Å². The van der Waals surface area contributed by atoms with Crippen LogP contribution in [0.25, 0.3) is 5.69 Å². The van der Waals surface area contributed by atoms with Crippen LogP contribution < -0.4 is 16.1 Å². The lowest BCUT2D eigenvalue weighted by Gasteiger charge is -2.11. The van der Waals surface area contributed by atoms with Gasteiger partial charge in [0.05, 0.1) is 10.6 Å². The molecule has 0 saturated heterocycles. The molecule has 1 aromatic heterocycles. The SMILES string of the molecule is Cc1cc(=O)c(C(=O)NCCNc2ccccc2[N+](=O)[O-])nn1-c1ccccc1. The van der Waals surface area contributed by atoms with Crippen LogP contribution in [0.15, 0.2) is 65.5 Å². The Morgan fingerprint density at radius 3 is 2.52 bits per heavy atom. The Kier molecular flexibility index (Phi) is 5.98. The van der Waals surface area contributed by atoms with Crippen molar-refractivity contribution >= 4 is 17.3 Å². The van der Waals surface area contributed by atoms with E-state index in [1.54, 1.807) is 25.1 Å². The summed E-state index contributed by atoms with van der Waals surface area (Å²) >= 11 is 0. The van der Waals surface area contributed by atoms with E-state index >= 15 is 0 Å². The maximum Gasteiger partial charge on any atom is 0.292 e. The molecule has 0 aliphatic heterocycles. The summed E-state index contributed by atoms with van der Waals surface area (Å²) in [6, 6.07) is 16.8. The maximum atomic E-state index is 12.4. The Balaban J connectivity index is 1.67. The number of nitrogens with zero attached hydrogens (tertiary/aromatic N) is 3. The average molecular weight is 393 g/mol. The number of para-hydroxylation sites is 3. The maximum absolute atomic E-state index is 12.4. The highest BCUT2D eigenvalue weighted by Gasteiger charge is 2.15. The Hall–Kier alpha value is -4.01. The van der Waals surface area contributed by atoms with Crippen LogP contribution in [-0.4, -0.2) is 33.7 Å². The van der Waals surface area contributed by atoms with E-state index in [4.69, 9.17) is 0 Å². The summed E-state index contributed by atoms with van der Waals surface area (Å²) in [6.07, 6.45) is 0. The minimum atomic E-state index is -0.607. The molecule has 0 saturated carbocycles. The van der Waals surface area contributed by atoms with E-state index in [-0.39, 0.29) is 24.5 Å². The van der Waals surface area contributed by atoms with Crippen LogP contribution in [0.4, 0.5) is 11.4 Å². The van der Waals surface area contributed by atoms with Crippen molar-refractivity contribution in [3.8, 4) is 5.69 Å². The molecule has 0 atom stereocenters. The molecule has 0 bridgehead atoms. The van der Waals surface area contributed by atoms with E-state index in [0.717, 1.165) is 5.69 Å². The monoisotopic (exact) mass is 393 g/mol. The number of amides is 1. The van der Waals surface area contributed by atoms with Crippen molar-refractivity contribution in [2.45, 2.75) is 6.92 Å². The highest BCUT2D eigenvalue weighted by Crippen LogP contribution is 2.22. The molecule has 3 aromatic rings. The minimum Gasteiger partial charge on any atom is -0.378 e. The molecule has 0 fully saturated rings. The molecule has 148 valence electrons. The van der Waals surface area contributed by atoms with Crippen LogP contribution in [0, 0.1) is 17.0 Å². The fourth-order valence-electron chi connectivity index (χ4n) is 2.77. The van der Waals surface area contributed by atoms with Gasteiger partial charge in [-0.05, 0) is 25.1 Å². The largest absolute Gasteiger partial charge is 0.378 e. The minimum absolute atomic E-state index is 0.0511. The number of hydrogen-bond donors (Lipinski definition) is 2. The molecule has 9 heteroatoms. The summed E-state index contributed by atoms with van der Waals surface area (Å²) < 4.78 is 1.53. The molecule has 0 radical (unpaired) electrons. The van der Waals surface area contributed by atoms with Gasteiger partial charge in [0.15, 0.2) is 5.69 Å². The van der Waals surface area contributed by atoms with E-state index < -0.39 is 16.3 Å². The normalized spacial score (nSPS) is 10.4. The van der Waals surface area contributed by atoms with Gasteiger partial charge in [-0.2, -0.15) is 5.10 Å². The highest BCUT2D eigenvalue weighted by atomic mass is 16.6. The second-order valence-electron chi connectivity index (χ2n) is 6.20. The van der Waals surface area contributed by atoms with Crippen molar-refractivity contribution in [1.82, 2.24) is 15.1 Å². The van der Waals surface area contributed by atoms with Gasteiger partial charge in [-0.15, -0.1) is 0 Å². The molecule has 0 aliphatic rings. The number of anilines is 1. The molecule has 1 amide bonds. The zero-order valence-electron chi connectivity index (χ0n) is 15.7. The number of rotatable bonds is 7. The fourth-order valence-corrected chi connectivity index (χ4v) is 2.77. The number of benzene rings is 2. The fraction of sp³-hybridized carbons (Fsp3) is 0.150. The third kappa shape index (κ3) is 4.64. The first-order valence-electron chi connectivity index (χ1n) is 8.89. The smallest absolute Gasteiger partial charge is 0.292 e. The molecule has 0 unspecified atom stereocenters. The van der Waals surface area contributed by atoms with Crippen molar-refractivity contribution in [3.63, 3.8) is 0 Å². The van der Waals surface area contributed by atoms with Gasteiger partial charge in [-0.3, -0.25) is 19.7 Å². The van der Waals surface area contributed by atoms with Gasteiger partial charge in [0.25, 0.3) is 11.6 Å². The highest BCUT2D eigenvalue weighted by molar-refractivity contribution is 5.92. The van der Waals surface area contributed by atoms with Gasteiger partial charge in [0, 0.05) is 30.9 Å². The third-order valence-electron chi connectivity index (χ3n) is 4.15. The van der Waals surface area contributed by atoms with E-state index in [0.29, 0.717) is 11.4 Å². The summed E-state index contributed by atoms with van der Waals surface area (Å²) in [5.74, 6) is -0.607. The third-order valence-corrected chi connectivity index (χ3v) is 4.15. The van der Waals surface area contributed by atoms with Crippen LogP contribution in [0.5, 0.6) is 0 Å². The standard InChI is InChI=1S/C20H19N5O4/c1-14-13-18(26)19(23-24(14)15-7-3-2-4-8-15)20(27)22-12-11-21-16-9-5-6-10-17(16)25(28)29/h2-10,13,21H,11-12H2,1H3,(H,22,27). The van der Waals surface area contributed by atoms with E-state index in [2.05, 4.69) is 15.7 Å². The first-order valence-corrected chi connectivity index (χ1v) is 8.89. The Bertz CT molecular complexity index is 1100. The number of nitro benzene ring substituents is 1. The number of carbonyl (C=O) groups excluding carboxylic acids is 1. The number of aryl methyl sites for hydroxylation is 1. The Labute approximate surface area is 166 Å². The summed E-state index contributed by atoms with van der Waals surface area (Å²) in [7, 11) is 0. The number of carbonyl (C=O) groups is 1. The lowest BCUT2D eigenvalue weighted by atomic mass is 10.2. The predicted octanol–water partition coefficient (Wildman–Crippen LogP) is 2.29. The van der Waals surface area contributed by atoms with Gasteiger partial charge in [0.2, 0.25) is 5.43 Å². The first kappa shape index (κ1) is 19.7. The summed E-state index contributed by atoms with van der Waals surface area (Å²) in [5.41, 5.74) is 0.952. The molecule has 1 heterocycles. The van der Waals surface area contributed by atoms with Gasteiger partial charge in [-0.1, -0.05) is 30.3 Å². The van der Waals surface area contributed by atoms with Crippen LogP contribution in [0.3, 0.4) is 0 Å². The van der Waals surface area contributed by atoms with Crippen molar-refractivity contribution < 1.29 is 9.72 Å². The first-order chi connectivity index (χ1) is 14.0. The van der Waals surface area contributed by atoms with Gasteiger partial charge in [0.1, 0.15) is 5.69 Å². The van der Waals surface area contributed by atoms with Gasteiger partial charge < -0.3 is 10.6 Å². The van der Waals surface area contributed by atoms with Crippen LogP contribution in [-0.2, 0) is 0 Å². The summed E-state index contributed by atoms with van der Waals surface area (Å²) in [4.78, 5) is 35.2. The summed E-state index contributed by atoms with van der Waals surface area (Å²) in [5, 5.41) is 20.7. The van der Waals surface area contributed by atoms with Crippen LogP contribution >= 0.6 is 0 Å². The molecule has 2 aromatic carbocycles. The Morgan fingerprint density at radius 2 is 1.79 bits per heavy atom. The second kappa shape index (κ2) is 8.79. The van der Waals surface area contributed by atoms with Crippen molar-refractivity contribution in [3.05, 3.63) is 92.4 Å². The lowest BCUT2D eigenvalue weighted by molar-refractivity contribution is -0.384. The number of hydrogen-bond acceptors (Lipinski definition) is 6. The number of nitro groups is 1. The lowest BCUT2D eigenvalue weighted by Crippen LogP contribution is -2.34. The molecular weight excluding hydrogens is 374 g/mol. The zero-order valence-corrected chi connectivity index (χ0v) is 15.7. The van der Waals surface area contributed by atoms with Crippen molar-refractivity contribution in [2.75, 3.05) is 18.4 Å². The average Bonchev–Trinajstić information content (AvgIpc) is 2.72. The molecular formula is C20H19N5O4. The Morgan fingerprint density at radius 1 is 1.10 bits per heavy atom. The van der Waals surface area contributed by atoms with E-state index in [1.165, 1.54) is 16.8 Å². The predicted molar refractivity (Wildman–Crippen MR) is 108 cm³/mol. The zero-order chi connectivity index (χ0) is 20.8. The van der Waals surface area contributed by atoms with E-state index in [9.17, 15) is 19.7 Å². The van der Waals surface area contributed by atoms with Gasteiger partial charge in [-0.25, -0.2) is 4.68 Å². The van der Waals surface area contributed by atoms with Crippen molar-refractivity contribution in [1.29, 1.82) is 0 Å². The molecule has 29 heavy (non-hydrogen) atoms. The van der Waals surface area contributed by atoms with Crippen molar-refractivity contribution in [2.24, 2.45) is 0 Å². The molecule has 0 spiro atoms. The summed E-state index contributed by atoms with van der Waals surface area (Å²) in [6.45, 7) is 2.14. The van der Waals surface area contributed by atoms with Crippen LogP contribution in [0.1, 0.15) is 16.2 Å². The number of nitrogens with one attached hydrogen (secondary N) is 2. The molecule has 9 nitrogen and oxygen atoms in total. The van der Waals surface area contributed by atoms with E-state index in [1.807, 2.05) is 30.3 Å². The molecule has 3 rings (SSSR count). The topological polar surface area (TPSA) is 119 Å². The molecule has 2 N–H and O–H groups in total. The van der Waals surface area contributed by atoms with Gasteiger partial charge >= 0.3 is 0 Å². The number of aromatic nitrogens is 2.